The molecule has 1 aromatic heterocycles. The van der Waals surface area contributed by atoms with Gasteiger partial charge in [-0.05, 0) is 24.3 Å². The minimum Gasteiger partial charge on any atom is -0.489 e. The number of carbonyl (C=O) groups is 1. The lowest BCUT2D eigenvalue weighted by atomic mass is 10.2. The van der Waals surface area contributed by atoms with Gasteiger partial charge in [-0.3, -0.25) is 4.79 Å². The second-order valence-corrected chi connectivity index (χ2v) is 5.63. The molecule has 0 unspecified atom stereocenters. The molecule has 0 saturated heterocycles. The van der Waals surface area contributed by atoms with Crippen molar-refractivity contribution in [2.75, 3.05) is 13.2 Å². The monoisotopic (exact) mass is 407 g/mol. The lowest BCUT2D eigenvalue weighted by Crippen LogP contribution is -2.18. The van der Waals surface area contributed by atoms with E-state index in [1.54, 1.807) is 12.3 Å². The predicted octanol–water partition coefficient (Wildman–Crippen LogP) is 2.08. The topological polar surface area (TPSA) is 115 Å². The summed E-state index contributed by atoms with van der Waals surface area (Å²) in [6.45, 7) is 1.38. The molecule has 1 heterocycles. The van der Waals surface area contributed by atoms with Gasteiger partial charge in [-0.25, -0.2) is 4.98 Å². The Labute approximate surface area is 154 Å². The average Bonchev–Trinajstić information content (AvgIpc) is 2.62. The highest BCUT2D eigenvalue weighted by atomic mass is 79.9. The molecule has 0 aliphatic rings. The molecule has 0 fully saturated rings. The number of pyridine rings is 1. The number of ether oxygens (including phenoxy) is 1. The van der Waals surface area contributed by atoms with Crippen molar-refractivity contribution in [2.45, 2.75) is 13.2 Å². The molecule has 2 rings (SSSR count). The second-order valence-electron chi connectivity index (χ2n) is 4.71. The molecular weight excluding hydrogens is 390 g/mol. The third-order valence-electron chi connectivity index (χ3n) is 2.96. The number of hydrogen-bond donors (Lipinski definition) is 3. The maximum atomic E-state index is 8.83. The Kier molecular flexibility index (Phi) is 9.85. The molecule has 0 bridgehead atoms. The number of aliphatic hydroxyl groups is 1. The van der Waals surface area contributed by atoms with Crippen LogP contribution in [0.5, 0.6) is 5.75 Å². The molecule has 0 aliphatic carbocycles. The van der Waals surface area contributed by atoms with Gasteiger partial charge in [0.15, 0.2) is 0 Å². The van der Waals surface area contributed by atoms with E-state index in [9.17, 15) is 0 Å². The molecule has 0 radical (unpaired) electrons. The van der Waals surface area contributed by atoms with Crippen LogP contribution in [0.3, 0.4) is 0 Å². The third kappa shape index (κ3) is 7.76. The zero-order valence-electron chi connectivity index (χ0n) is 13.4. The van der Waals surface area contributed by atoms with E-state index in [4.69, 9.17) is 25.0 Å². The van der Waals surface area contributed by atoms with Crippen LogP contribution in [-0.2, 0) is 17.9 Å². The molecule has 3 N–H and O–H groups in total. The number of nitrogens with zero attached hydrogens (tertiary/aromatic N) is 2. The average molecular weight is 408 g/mol. The van der Waals surface area contributed by atoms with Crippen molar-refractivity contribution in [3.63, 3.8) is 0 Å². The molecule has 0 aliphatic heterocycles. The molecular formula is C17H18BrN3O4. The smallest absolute Gasteiger partial charge is 0.290 e. The maximum absolute atomic E-state index is 8.83. The van der Waals surface area contributed by atoms with Gasteiger partial charge in [-0.2, -0.15) is 5.26 Å². The van der Waals surface area contributed by atoms with Crippen LogP contribution < -0.4 is 10.1 Å². The Hall–Kier alpha value is -2.47. The van der Waals surface area contributed by atoms with Gasteiger partial charge < -0.3 is 20.3 Å². The number of aliphatic hydroxyl groups excluding tert-OH is 1. The fraction of sp³-hybridized carbons (Fsp3) is 0.235. The highest BCUT2D eigenvalue weighted by molar-refractivity contribution is 9.10. The summed E-state index contributed by atoms with van der Waals surface area (Å²) in [6.07, 6.45) is 1.64. The van der Waals surface area contributed by atoms with E-state index in [1.165, 1.54) is 0 Å². The van der Waals surface area contributed by atoms with Crippen LogP contribution in [-0.4, -0.2) is 34.8 Å². The van der Waals surface area contributed by atoms with Crippen LogP contribution in [0.1, 0.15) is 16.8 Å². The summed E-state index contributed by atoms with van der Waals surface area (Å²) in [4.78, 5) is 12.4. The molecule has 0 atom stereocenters. The maximum Gasteiger partial charge on any atom is 0.290 e. The van der Waals surface area contributed by atoms with Gasteiger partial charge >= 0.3 is 0 Å². The number of rotatable bonds is 7. The molecule has 0 amide bonds. The van der Waals surface area contributed by atoms with Crippen LogP contribution in [0.4, 0.5) is 0 Å². The van der Waals surface area contributed by atoms with E-state index in [2.05, 4.69) is 26.2 Å². The van der Waals surface area contributed by atoms with Gasteiger partial charge in [0.1, 0.15) is 24.1 Å². The van der Waals surface area contributed by atoms with Crippen molar-refractivity contribution < 1.29 is 19.7 Å². The Morgan fingerprint density at radius 1 is 1.36 bits per heavy atom. The lowest BCUT2D eigenvalue weighted by Gasteiger charge is -2.12. The number of carboxylic acid groups (broad SMARTS) is 1. The summed E-state index contributed by atoms with van der Waals surface area (Å²) in [5.41, 5.74) is 2.29. The molecule has 25 heavy (non-hydrogen) atoms. The van der Waals surface area contributed by atoms with E-state index >= 15 is 0 Å². The van der Waals surface area contributed by atoms with Crippen LogP contribution in [0.25, 0.3) is 0 Å². The second kappa shape index (κ2) is 12.0. The van der Waals surface area contributed by atoms with Crippen molar-refractivity contribution in [1.82, 2.24) is 10.3 Å². The molecule has 0 spiro atoms. The van der Waals surface area contributed by atoms with Gasteiger partial charge in [0, 0.05) is 34.9 Å². The largest absolute Gasteiger partial charge is 0.489 e. The summed E-state index contributed by atoms with van der Waals surface area (Å²) >= 11 is 3.44. The van der Waals surface area contributed by atoms with Crippen LogP contribution in [0, 0.1) is 11.3 Å². The fourth-order valence-electron chi connectivity index (χ4n) is 1.87. The number of benzene rings is 1. The van der Waals surface area contributed by atoms with Gasteiger partial charge in [-0.1, -0.05) is 22.0 Å². The molecule has 0 saturated carbocycles. The van der Waals surface area contributed by atoms with E-state index in [-0.39, 0.29) is 13.1 Å². The summed E-state index contributed by atoms with van der Waals surface area (Å²) < 4.78 is 6.81. The first-order valence-corrected chi connectivity index (χ1v) is 8.09. The van der Waals surface area contributed by atoms with Crippen LogP contribution >= 0.6 is 15.9 Å². The zero-order valence-corrected chi connectivity index (χ0v) is 14.9. The van der Waals surface area contributed by atoms with Gasteiger partial charge in [0.25, 0.3) is 6.47 Å². The van der Waals surface area contributed by atoms with E-state index in [1.807, 2.05) is 30.3 Å². The Bertz CT molecular complexity index is 702. The highest BCUT2D eigenvalue weighted by Crippen LogP contribution is 2.24. The normalized spacial score (nSPS) is 9.48. The summed E-state index contributed by atoms with van der Waals surface area (Å²) in [6, 6.07) is 11.3. The van der Waals surface area contributed by atoms with Crippen molar-refractivity contribution in [3.8, 4) is 11.8 Å². The molecule has 2 aromatic rings. The quantitative estimate of drug-likeness (QED) is 0.475. The minimum absolute atomic E-state index is 0.0983. The van der Waals surface area contributed by atoms with Crippen molar-refractivity contribution in [3.05, 3.63) is 57.8 Å². The van der Waals surface area contributed by atoms with Gasteiger partial charge in [0.2, 0.25) is 0 Å². The summed E-state index contributed by atoms with van der Waals surface area (Å²) in [5.74, 6) is 0.776. The lowest BCUT2D eigenvalue weighted by molar-refractivity contribution is -0.122. The highest BCUT2D eigenvalue weighted by Gasteiger charge is 2.05. The first kappa shape index (κ1) is 20.6. The van der Waals surface area contributed by atoms with E-state index in [0.717, 1.165) is 21.3 Å². The standard InChI is InChI=1S/C16H16BrN3O2.CH2O2/c17-14-2-4-16(13(7-14)10-19-5-6-21)22-11-12-1-3-15(8-18)20-9-12;2-1-3/h1-4,7,9,19,21H,5-6,10-11H2;1H,(H,2,3). The molecule has 132 valence electrons. The van der Waals surface area contributed by atoms with E-state index < -0.39 is 0 Å². The molecule has 7 nitrogen and oxygen atoms in total. The van der Waals surface area contributed by atoms with E-state index in [0.29, 0.717) is 25.4 Å². The van der Waals surface area contributed by atoms with Gasteiger partial charge in [0.05, 0.1) is 6.61 Å². The Balaban J connectivity index is 0.000000970. The molecule has 8 heteroatoms. The third-order valence-corrected chi connectivity index (χ3v) is 3.45. The van der Waals surface area contributed by atoms with Crippen LogP contribution in [0.15, 0.2) is 41.0 Å². The van der Waals surface area contributed by atoms with Gasteiger partial charge in [-0.15, -0.1) is 0 Å². The fourth-order valence-corrected chi connectivity index (χ4v) is 2.27. The number of aromatic nitrogens is 1. The molecule has 1 aromatic carbocycles. The SMILES string of the molecule is N#Cc1ccc(COc2ccc(Br)cc2CNCCO)cn1.O=CO. The number of nitrogens with one attached hydrogen (secondary N) is 1. The van der Waals surface area contributed by atoms with Crippen molar-refractivity contribution in [1.29, 1.82) is 5.26 Å². The van der Waals surface area contributed by atoms with Crippen molar-refractivity contribution in [2.24, 2.45) is 0 Å². The number of halogens is 1. The number of hydrogen-bond acceptors (Lipinski definition) is 6. The zero-order chi connectivity index (χ0) is 18.5. The number of nitriles is 1. The minimum atomic E-state index is -0.250. The van der Waals surface area contributed by atoms with Crippen molar-refractivity contribution >= 4 is 22.4 Å². The predicted molar refractivity (Wildman–Crippen MR) is 94.9 cm³/mol. The first-order chi connectivity index (χ1) is 12.1. The summed E-state index contributed by atoms with van der Waals surface area (Å²) in [7, 11) is 0. The summed E-state index contributed by atoms with van der Waals surface area (Å²) in [5, 5.41) is 27.6. The Morgan fingerprint density at radius 2 is 2.12 bits per heavy atom. The first-order valence-electron chi connectivity index (χ1n) is 7.30. The van der Waals surface area contributed by atoms with Crippen LogP contribution in [0.2, 0.25) is 0 Å². The Morgan fingerprint density at radius 3 is 2.72 bits per heavy atom.